The molecule has 0 bridgehead atoms. The van der Waals surface area contributed by atoms with Crippen molar-refractivity contribution in [3.63, 3.8) is 0 Å². The highest BCUT2D eigenvalue weighted by Gasteiger charge is 2.30. The Morgan fingerprint density at radius 3 is 2.11 bits per heavy atom. The van der Waals surface area contributed by atoms with Crippen LogP contribution in [0.5, 0.6) is 0 Å². The van der Waals surface area contributed by atoms with Gasteiger partial charge in [-0.25, -0.2) is 0 Å². The quantitative estimate of drug-likeness (QED) is 0.779. The molecule has 0 amide bonds. The van der Waals surface area contributed by atoms with Crippen LogP contribution in [0.1, 0.15) is 5.56 Å². The Hall–Kier alpha value is -1.49. The van der Waals surface area contributed by atoms with Gasteiger partial charge in [0, 0.05) is 38.4 Å². The average Bonchev–Trinajstić information content (AvgIpc) is 2.39. The first-order chi connectivity index (χ1) is 9.00. The van der Waals surface area contributed by atoms with E-state index >= 15 is 0 Å². The highest BCUT2D eigenvalue weighted by molar-refractivity contribution is 5.48. The van der Waals surface area contributed by atoms with E-state index in [0.717, 1.165) is 50.5 Å². The maximum Gasteiger partial charge on any atom is 0.416 e. The first kappa shape index (κ1) is 13.9. The van der Waals surface area contributed by atoms with Gasteiger partial charge in [-0.3, -0.25) is 4.90 Å². The van der Waals surface area contributed by atoms with Gasteiger partial charge in [0.15, 0.2) is 0 Å². The summed E-state index contributed by atoms with van der Waals surface area (Å²) in [6.45, 7) is 8.05. The molecule has 104 valence electrons. The van der Waals surface area contributed by atoms with Crippen molar-refractivity contribution in [2.24, 2.45) is 0 Å². The van der Waals surface area contributed by atoms with Gasteiger partial charge in [-0.15, -0.1) is 6.58 Å². The molecule has 1 aliphatic rings. The Bertz CT molecular complexity index is 417. The molecule has 2 rings (SSSR count). The number of piperazine rings is 1. The van der Waals surface area contributed by atoms with E-state index in [9.17, 15) is 13.2 Å². The fraction of sp³-hybridized carbons (Fsp3) is 0.429. The number of anilines is 1. The van der Waals surface area contributed by atoms with Crippen LogP contribution in [0.2, 0.25) is 0 Å². The molecule has 0 saturated carbocycles. The molecule has 1 aromatic rings. The average molecular weight is 270 g/mol. The zero-order valence-electron chi connectivity index (χ0n) is 10.7. The number of benzene rings is 1. The number of rotatable bonds is 3. The van der Waals surface area contributed by atoms with Crippen LogP contribution in [0.15, 0.2) is 36.9 Å². The molecule has 0 atom stereocenters. The van der Waals surface area contributed by atoms with Gasteiger partial charge in [0.25, 0.3) is 0 Å². The monoisotopic (exact) mass is 270 g/mol. The number of hydrogen-bond donors (Lipinski definition) is 0. The minimum absolute atomic E-state index is 0.596. The van der Waals surface area contributed by atoms with Crippen molar-refractivity contribution < 1.29 is 13.2 Å². The summed E-state index contributed by atoms with van der Waals surface area (Å²) in [6, 6.07) is 5.38. The summed E-state index contributed by atoms with van der Waals surface area (Å²) in [4.78, 5) is 4.38. The topological polar surface area (TPSA) is 6.48 Å². The van der Waals surface area contributed by atoms with Gasteiger partial charge in [0.1, 0.15) is 0 Å². The molecule has 0 unspecified atom stereocenters. The molecule has 1 heterocycles. The molecule has 5 heteroatoms. The van der Waals surface area contributed by atoms with Crippen LogP contribution in [-0.4, -0.2) is 37.6 Å². The van der Waals surface area contributed by atoms with E-state index < -0.39 is 11.7 Å². The lowest BCUT2D eigenvalue weighted by Crippen LogP contribution is -2.46. The lowest BCUT2D eigenvalue weighted by molar-refractivity contribution is -0.137. The van der Waals surface area contributed by atoms with E-state index in [1.165, 1.54) is 0 Å². The summed E-state index contributed by atoms with van der Waals surface area (Å²) < 4.78 is 37.4. The third kappa shape index (κ3) is 3.50. The molecule has 1 fully saturated rings. The normalized spacial score (nSPS) is 17.5. The summed E-state index contributed by atoms with van der Waals surface area (Å²) in [5.41, 5.74) is 0.257. The standard InChI is InChI=1S/C14H17F3N2/c1-2-7-18-8-10-19(11-9-18)13-5-3-12(4-6-13)14(15,16)17/h2-6H,1,7-11H2. The number of hydrogen-bond acceptors (Lipinski definition) is 2. The second kappa shape index (κ2) is 5.65. The molecule has 1 aromatic carbocycles. The van der Waals surface area contributed by atoms with Crippen LogP contribution in [0.4, 0.5) is 18.9 Å². The fourth-order valence-electron chi connectivity index (χ4n) is 2.23. The predicted octanol–water partition coefficient (Wildman–Crippen LogP) is 3.01. The Balaban J connectivity index is 1.98. The van der Waals surface area contributed by atoms with Crippen molar-refractivity contribution in [2.45, 2.75) is 6.18 Å². The number of nitrogens with zero attached hydrogens (tertiary/aromatic N) is 2. The van der Waals surface area contributed by atoms with Crippen molar-refractivity contribution in [3.8, 4) is 0 Å². The summed E-state index contributed by atoms with van der Waals surface area (Å²) in [5, 5.41) is 0. The third-order valence-corrected chi connectivity index (χ3v) is 3.32. The molecule has 0 aromatic heterocycles. The van der Waals surface area contributed by atoms with Crippen LogP contribution in [0, 0.1) is 0 Å². The van der Waals surface area contributed by atoms with Gasteiger partial charge in [0.05, 0.1) is 5.56 Å². The molecule has 0 radical (unpaired) electrons. The lowest BCUT2D eigenvalue weighted by atomic mass is 10.1. The highest BCUT2D eigenvalue weighted by Crippen LogP contribution is 2.30. The van der Waals surface area contributed by atoms with Gasteiger partial charge in [0.2, 0.25) is 0 Å². The Morgan fingerprint density at radius 2 is 1.63 bits per heavy atom. The zero-order chi connectivity index (χ0) is 13.9. The molecule has 0 aliphatic carbocycles. The van der Waals surface area contributed by atoms with E-state index in [1.807, 2.05) is 6.08 Å². The van der Waals surface area contributed by atoms with Gasteiger partial charge < -0.3 is 4.90 Å². The Labute approximate surface area is 111 Å². The van der Waals surface area contributed by atoms with Crippen molar-refractivity contribution >= 4 is 5.69 Å². The minimum atomic E-state index is -4.26. The molecular formula is C14H17F3N2. The van der Waals surface area contributed by atoms with Crippen LogP contribution in [0.25, 0.3) is 0 Å². The molecule has 2 nitrogen and oxygen atoms in total. The first-order valence-corrected chi connectivity index (χ1v) is 6.26. The van der Waals surface area contributed by atoms with E-state index in [2.05, 4.69) is 16.4 Å². The molecule has 1 saturated heterocycles. The third-order valence-electron chi connectivity index (χ3n) is 3.32. The smallest absolute Gasteiger partial charge is 0.369 e. The van der Waals surface area contributed by atoms with Gasteiger partial charge in [-0.1, -0.05) is 6.08 Å². The van der Waals surface area contributed by atoms with E-state index in [0.29, 0.717) is 0 Å². The molecular weight excluding hydrogens is 253 g/mol. The van der Waals surface area contributed by atoms with Crippen molar-refractivity contribution in [3.05, 3.63) is 42.5 Å². The maximum absolute atomic E-state index is 12.5. The van der Waals surface area contributed by atoms with Crippen molar-refractivity contribution in [1.82, 2.24) is 4.90 Å². The minimum Gasteiger partial charge on any atom is -0.369 e. The Kier molecular flexibility index (Phi) is 4.14. The second-order valence-electron chi connectivity index (χ2n) is 4.62. The SMILES string of the molecule is C=CCN1CCN(c2ccc(C(F)(F)F)cc2)CC1. The molecule has 19 heavy (non-hydrogen) atoms. The van der Waals surface area contributed by atoms with Gasteiger partial charge in [-0.2, -0.15) is 13.2 Å². The van der Waals surface area contributed by atoms with Crippen LogP contribution < -0.4 is 4.90 Å². The fourth-order valence-corrected chi connectivity index (χ4v) is 2.23. The maximum atomic E-state index is 12.5. The zero-order valence-corrected chi connectivity index (χ0v) is 10.7. The van der Waals surface area contributed by atoms with Crippen LogP contribution >= 0.6 is 0 Å². The van der Waals surface area contributed by atoms with E-state index in [4.69, 9.17) is 0 Å². The first-order valence-electron chi connectivity index (χ1n) is 6.26. The number of alkyl halides is 3. The van der Waals surface area contributed by atoms with E-state index in [-0.39, 0.29) is 0 Å². The van der Waals surface area contributed by atoms with Crippen LogP contribution in [-0.2, 0) is 6.18 Å². The molecule has 1 aliphatic heterocycles. The van der Waals surface area contributed by atoms with Gasteiger partial charge >= 0.3 is 6.18 Å². The Morgan fingerprint density at radius 1 is 1.05 bits per heavy atom. The summed E-state index contributed by atoms with van der Waals surface area (Å²) in [6.07, 6.45) is -2.39. The van der Waals surface area contributed by atoms with Gasteiger partial charge in [-0.05, 0) is 24.3 Å². The van der Waals surface area contributed by atoms with Crippen molar-refractivity contribution in [2.75, 3.05) is 37.6 Å². The van der Waals surface area contributed by atoms with E-state index in [1.54, 1.807) is 12.1 Å². The van der Waals surface area contributed by atoms with Crippen molar-refractivity contribution in [1.29, 1.82) is 0 Å². The largest absolute Gasteiger partial charge is 0.416 e. The predicted molar refractivity (Wildman–Crippen MR) is 70.3 cm³/mol. The number of halogens is 3. The summed E-state index contributed by atoms with van der Waals surface area (Å²) in [5.74, 6) is 0. The summed E-state index contributed by atoms with van der Waals surface area (Å²) in [7, 11) is 0. The molecule has 0 N–H and O–H groups in total. The molecule has 0 spiro atoms. The second-order valence-corrected chi connectivity index (χ2v) is 4.62. The lowest BCUT2D eigenvalue weighted by Gasteiger charge is -2.35. The summed E-state index contributed by atoms with van der Waals surface area (Å²) >= 11 is 0. The highest BCUT2D eigenvalue weighted by atomic mass is 19.4. The van der Waals surface area contributed by atoms with Crippen LogP contribution in [0.3, 0.4) is 0 Å².